The van der Waals surface area contributed by atoms with Crippen molar-refractivity contribution in [3.05, 3.63) is 64.9 Å². The van der Waals surface area contributed by atoms with Gasteiger partial charge in [-0.2, -0.15) is 0 Å². The fraction of sp³-hybridized carbons (Fsp3) is 0.440. The molecule has 0 spiro atoms. The zero-order chi connectivity index (χ0) is 23.3. The number of hydrogen-bond acceptors (Lipinski definition) is 3. The van der Waals surface area contributed by atoms with Gasteiger partial charge in [-0.25, -0.2) is 4.39 Å². The maximum atomic E-state index is 13.3. The van der Waals surface area contributed by atoms with Crippen molar-refractivity contribution in [3.63, 3.8) is 0 Å². The maximum absolute atomic E-state index is 13.3. The number of benzene rings is 2. The molecule has 32 heavy (non-hydrogen) atoms. The third-order valence-electron chi connectivity index (χ3n) is 5.10. The first-order valence-electron chi connectivity index (χ1n) is 11.1. The van der Waals surface area contributed by atoms with Crippen LogP contribution in [0.5, 0.6) is 5.75 Å². The summed E-state index contributed by atoms with van der Waals surface area (Å²) in [5, 5.41) is 3.56. The van der Waals surface area contributed by atoms with Gasteiger partial charge in [-0.15, -0.1) is 0 Å². The average molecular weight is 463 g/mol. The van der Waals surface area contributed by atoms with Crippen molar-refractivity contribution in [2.24, 2.45) is 0 Å². The zero-order valence-corrected chi connectivity index (χ0v) is 19.5. The molecule has 2 rings (SSSR count). The van der Waals surface area contributed by atoms with E-state index in [1.807, 2.05) is 6.92 Å². The average Bonchev–Trinajstić information content (AvgIpc) is 2.79. The lowest BCUT2D eigenvalue weighted by atomic mass is 10.1. The first-order valence-corrected chi connectivity index (χ1v) is 11.5. The van der Waals surface area contributed by atoms with Crippen LogP contribution in [0.2, 0.25) is 5.02 Å². The Morgan fingerprint density at radius 2 is 1.75 bits per heavy atom. The molecule has 1 N–H and O–H groups in total. The van der Waals surface area contributed by atoms with Gasteiger partial charge in [-0.3, -0.25) is 9.59 Å². The molecule has 174 valence electrons. The molecule has 1 unspecified atom stereocenters. The van der Waals surface area contributed by atoms with Crippen molar-refractivity contribution in [3.8, 4) is 5.75 Å². The Kier molecular flexibility index (Phi) is 11.0. The normalized spacial score (nSPS) is 11.6. The number of carbonyl (C=O) groups is 2. The molecule has 7 heteroatoms. The van der Waals surface area contributed by atoms with Crippen molar-refractivity contribution in [2.75, 3.05) is 13.2 Å². The number of rotatable bonds is 13. The molecule has 0 saturated heterocycles. The van der Waals surface area contributed by atoms with Crippen LogP contribution in [0.15, 0.2) is 48.5 Å². The fourth-order valence-electron chi connectivity index (χ4n) is 3.30. The lowest BCUT2D eigenvalue weighted by Crippen LogP contribution is -2.49. The highest BCUT2D eigenvalue weighted by Gasteiger charge is 2.28. The number of halogens is 2. The van der Waals surface area contributed by atoms with E-state index in [2.05, 4.69) is 12.2 Å². The van der Waals surface area contributed by atoms with Gasteiger partial charge in [0.15, 0.2) is 0 Å². The number of unbranched alkanes of at least 4 members (excludes halogenated alkanes) is 1. The van der Waals surface area contributed by atoms with Crippen molar-refractivity contribution < 1.29 is 18.7 Å². The molecule has 0 aromatic heterocycles. The van der Waals surface area contributed by atoms with E-state index in [9.17, 15) is 14.0 Å². The summed E-state index contributed by atoms with van der Waals surface area (Å²) in [6.07, 6.45) is 3.11. The lowest BCUT2D eigenvalue weighted by Gasteiger charge is -2.30. The number of ether oxygens (including phenoxy) is 1. The van der Waals surface area contributed by atoms with E-state index in [4.69, 9.17) is 16.3 Å². The van der Waals surface area contributed by atoms with Gasteiger partial charge in [0.1, 0.15) is 17.6 Å². The molecule has 0 heterocycles. The molecular weight excluding hydrogens is 431 g/mol. The lowest BCUT2D eigenvalue weighted by molar-refractivity contribution is -0.141. The Hall–Kier alpha value is -2.60. The summed E-state index contributed by atoms with van der Waals surface area (Å²) in [5.74, 6) is 0.0578. The van der Waals surface area contributed by atoms with Gasteiger partial charge in [0.25, 0.3) is 0 Å². The minimum absolute atomic E-state index is 0.133. The predicted octanol–water partition coefficient (Wildman–Crippen LogP) is 5.36. The topological polar surface area (TPSA) is 58.6 Å². The van der Waals surface area contributed by atoms with Gasteiger partial charge >= 0.3 is 0 Å². The van der Waals surface area contributed by atoms with Gasteiger partial charge < -0.3 is 15.0 Å². The van der Waals surface area contributed by atoms with E-state index in [1.165, 1.54) is 12.1 Å². The summed E-state index contributed by atoms with van der Waals surface area (Å²) in [5.41, 5.74) is 0.775. The van der Waals surface area contributed by atoms with E-state index < -0.39 is 6.04 Å². The van der Waals surface area contributed by atoms with Crippen LogP contribution < -0.4 is 10.1 Å². The molecule has 0 bridgehead atoms. The van der Waals surface area contributed by atoms with Gasteiger partial charge in [0.2, 0.25) is 11.8 Å². The number of carbonyl (C=O) groups excluding carboxylic acids is 2. The fourth-order valence-corrected chi connectivity index (χ4v) is 3.43. The Balaban J connectivity index is 2.02. The minimum Gasteiger partial charge on any atom is -0.494 e. The standard InChI is InChI=1S/C25H32ClFN2O3/c1-3-5-16-28-25(31)23(4-2)29(18-19-8-12-21(27)13-9-19)24(30)7-6-17-32-22-14-10-20(26)11-15-22/h8-15,23H,3-7,16-18H2,1-2H3,(H,28,31). The second-order valence-electron chi connectivity index (χ2n) is 7.62. The number of nitrogens with one attached hydrogen (secondary N) is 1. The van der Waals surface area contributed by atoms with Crippen LogP contribution in [0.3, 0.4) is 0 Å². The first kappa shape index (κ1) is 25.7. The highest BCUT2D eigenvalue weighted by molar-refractivity contribution is 6.30. The predicted molar refractivity (Wildman–Crippen MR) is 125 cm³/mol. The maximum Gasteiger partial charge on any atom is 0.242 e. The summed E-state index contributed by atoms with van der Waals surface area (Å²) < 4.78 is 19.0. The Morgan fingerprint density at radius 1 is 1.06 bits per heavy atom. The second-order valence-corrected chi connectivity index (χ2v) is 8.06. The molecule has 0 aliphatic rings. The van der Waals surface area contributed by atoms with Crippen LogP contribution in [0.1, 0.15) is 51.5 Å². The summed E-state index contributed by atoms with van der Waals surface area (Å²) in [4.78, 5) is 27.5. The quantitative estimate of drug-likeness (QED) is 0.407. The van der Waals surface area contributed by atoms with Crippen LogP contribution in [-0.2, 0) is 16.1 Å². The second kappa shape index (κ2) is 13.7. The molecule has 2 amide bonds. The van der Waals surface area contributed by atoms with Crippen molar-refractivity contribution in [2.45, 2.75) is 58.5 Å². The summed E-state index contributed by atoms with van der Waals surface area (Å²) >= 11 is 5.87. The number of amides is 2. The van der Waals surface area contributed by atoms with Crippen LogP contribution in [0.4, 0.5) is 4.39 Å². The highest BCUT2D eigenvalue weighted by Crippen LogP contribution is 2.17. The van der Waals surface area contributed by atoms with Crippen LogP contribution in [-0.4, -0.2) is 35.9 Å². The molecule has 0 aliphatic carbocycles. The number of hydrogen-bond donors (Lipinski definition) is 1. The van der Waals surface area contributed by atoms with Crippen LogP contribution in [0.25, 0.3) is 0 Å². The van der Waals surface area contributed by atoms with Crippen molar-refractivity contribution in [1.82, 2.24) is 10.2 Å². The molecule has 5 nitrogen and oxygen atoms in total. The van der Waals surface area contributed by atoms with Gasteiger partial charge in [-0.1, -0.05) is 44.0 Å². The Bertz CT molecular complexity index is 843. The van der Waals surface area contributed by atoms with E-state index in [-0.39, 0.29) is 30.6 Å². The first-order chi connectivity index (χ1) is 15.4. The molecule has 0 saturated carbocycles. The van der Waals surface area contributed by atoms with E-state index in [0.717, 1.165) is 18.4 Å². The molecule has 0 radical (unpaired) electrons. The largest absolute Gasteiger partial charge is 0.494 e. The third-order valence-corrected chi connectivity index (χ3v) is 5.35. The molecule has 2 aromatic rings. The van der Waals surface area contributed by atoms with Gasteiger partial charge in [0, 0.05) is 24.5 Å². The van der Waals surface area contributed by atoms with Gasteiger partial charge in [0.05, 0.1) is 6.61 Å². The Morgan fingerprint density at radius 3 is 2.38 bits per heavy atom. The smallest absolute Gasteiger partial charge is 0.242 e. The molecule has 1 atom stereocenters. The van der Waals surface area contributed by atoms with Crippen LogP contribution >= 0.6 is 11.6 Å². The zero-order valence-electron chi connectivity index (χ0n) is 18.8. The highest BCUT2D eigenvalue weighted by atomic mass is 35.5. The molecule has 2 aromatic carbocycles. The van der Waals surface area contributed by atoms with E-state index in [1.54, 1.807) is 41.3 Å². The van der Waals surface area contributed by atoms with Crippen LogP contribution in [0, 0.1) is 5.82 Å². The summed E-state index contributed by atoms with van der Waals surface area (Å²) in [7, 11) is 0. The van der Waals surface area contributed by atoms with Crippen molar-refractivity contribution >= 4 is 23.4 Å². The van der Waals surface area contributed by atoms with E-state index in [0.29, 0.717) is 36.8 Å². The minimum atomic E-state index is -0.582. The summed E-state index contributed by atoms with van der Waals surface area (Å²) in [6.45, 7) is 5.14. The van der Waals surface area contributed by atoms with E-state index >= 15 is 0 Å². The molecular formula is C25H32ClFN2O3. The third kappa shape index (κ3) is 8.50. The monoisotopic (exact) mass is 462 g/mol. The molecule has 0 fully saturated rings. The van der Waals surface area contributed by atoms with Crippen molar-refractivity contribution in [1.29, 1.82) is 0 Å². The SMILES string of the molecule is CCCCNC(=O)C(CC)N(Cc1ccc(F)cc1)C(=O)CCCOc1ccc(Cl)cc1. The van der Waals surface area contributed by atoms with Gasteiger partial charge in [-0.05, 0) is 61.2 Å². The molecule has 0 aliphatic heterocycles. The number of nitrogens with zero attached hydrogens (tertiary/aromatic N) is 1. The summed E-state index contributed by atoms with van der Waals surface area (Å²) in [6, 6.07) is 12.5. The Labute approximate surface area is 194 Å².